The monoisotopic (exact) mass is 298 g/mol. The zero-order valence-electron chi connectivity index (χ0n) is 11.8. The summed E-state index contributed by atoms with van der Waals surface area (Å²) in [5, 5.41) is 13.5. The lowest BCUT2D eigenvalue weighted by atomic mass is 10.2. The Morgan fingerprint density at radius 2 is 2.10 bits per heavy atom. The number of urea groups is 1. The molecular formula is C14H19FN2O4. The number of amides is 2. The summed E-state index contributed by atoms with van der Waals surface area (Å²) in [5.41, 5.74) is 0.319. The summed E-state index contributed by atoms with van der Waals surface area (Å²) in [4.78, 5) is 21.8. The van der Waals surface area contributed by atoms with E-state index in [1.54, 1.807) is 6.92 Å². The van der Waals surface area contributed by atoms with Gasteiger partial charge in [-0.1, -0.05) is 0 Å². The third kappa shape index (κ3) is 6.60. The largest absolute Gasteiger partial charge is 0.491 e. The van der Waals surface area contributed by atoms with E-state index in [2.05, 4.69) is 10.6 Å². The SMILES string of the molecule is CCOc1ccc(NC(=O)NCCCCC(=O)O)cc1F. The van der Waals surface area contributed by atoms with Crippen LogP contribution >= 0.6 is 0 Å². The number of anilines is 1. The van der Waals surface area contributed by atoms with Crippen LogP contribution in [-0.4, -0.2) is 30.3 Å². The van der Waals surface area contributed by atoms with E-state index in [0.29, 0.717) is 31.7 Å². The molecule has 0 spiro atoms. The molecule has 0 fully saturated rings. The molecule has 6 nitrogen and oxygen atoms in total. The van der Waals surface area contributed by atoms with Crippen molar-refractivity contribution in [2.45, 2.75) is 26.2 Å². The van der Waals surface area contributed by atoms with E-state index < -0.39 is 17.8 Å². The Kier molecular flexibility index (Phi) is 7.00. The number of carboxylic acids is 1. The lowest BCUT2D eigenvalue weighted by molar-refractivity contribution is -0.137. The molecule has 1 rings (SSSR count). The first-order valence-electron chi connectivity index (χ1n) is 6.72. The van der Waals surface area contributed by atoms with Gasteiger partial charge in [0, 0.05) is 24.7 Å². The first-order valence-corrected chi connectivity index (χ1v) is 6.72. The van der Waals surface area contributed by atoms with Crippen LogP contribution in [-0.2, 0) is 4.79 Å². The van der Waals surface area contributed by atoms with E-state index in [9.17, 15) is 14.0 Å². The van der Waals surface area contributed by atoms with Crippen molar-refractivity contribution in [1.29, 1.82) is 0 Å². The van der Waals surface area contributed by atoms with E-state index in [-0.39, 0.29) is 12.2 Å². The van der Waals surface area contributed by atoms with Crippen molar-refractivity contribution in [3.63, 3.8) is 0 Å². The molecule has 3 N–H and O–H groups in total. The first kappa shape index (κ1) is 16.7. The number of rotatable bonds is 8. The van der Waals surface area contributed by atoms with Crippen molar-refractivity contribution in [2.24, 2.45) is 0 Å². The van der Waals surface area contributed by atoms with Crippen molar-refractivity contribution in [1.82, 2.24) is 5.32 Å². The second kappa shape index (κ2) is 8.78. The van der Waals surface area contributed by atoms with Crippen LogP contribution < -0.4 is 15.4 Å². The molecule has 0 unspecified atom stereocenters. The normalized spacial score (nSPS) is 10.0. The molecule has 21 heavy (non-hydrogen) atoms. The fourth-order valence-corrected chi connectivity index (χ4v) is 1.63. The third-order valence-electron chi connectivity index (χ3n) is 2.59. The van der Waals surface area contributed by atoms with Gasteiger partial charge >= 0.3 is 12.0 Å². The maximum Gasteiger partial charge on any atom is 0.319 e. The highest BCUT2D eigenvalue weighted by molar-refractivity contribution is 5.89. The van der Waals surface area contributed by atoms with Crippen molar-refractivity contribution in [3.05, 3.63) is 24.0 Å². The van der Waals surface area contributed by atoms with Crippen LogP contribution in [0.4, 0.5) is 14.9 Å². The van der Waals surface area contributed by atoms with Crippen LogP contribution in [0.2, 0.25) is 0 Å². The van der Waals surface area contributed by atoms with E-state index in [1.807, 2.05) is 0 Å². The number of hydrogen-bond acceptors (Lipinski definition) is 3. The van der Waals surface area contributed by atoms with Crippen molar-refractivity contribution in [2.75, 3.05) is 18.5 Å². The molecule has 0 bridgehead atoms. The molecule has 2 amide bonds. The predicted octanol–water partition coefficient (Wildman–Crippen LogP) is 2.60. The molecule has 0 atom stereocenters. The lowest BCUT2D eigenvalue weighted by Crippen LogP contribution is -2.29. The number of aliphatic carboxylic acids is 1. The Morgan fingerprint density at radius 3 is 2.71 bits per heavy atom. The molecule has 1 aromatic rings. The van der Waals surface area contributed by atoms with Gasteiger partial charge in [0.1, 0.15) is 0 Å². The number of halogens is 1. The highest BCUT2D eigenvalue weighted by Gasteiger charge is 2.06. The van der Waals surface area contributed by atoms with E-state index in [0.717, 1.165) is 0 Å². The Hall–Kier alpha value is -2.31. The molecule has 0 saturated heterocycles. The zero-order valence-corrected chi connectivity index (χ0v) is 11.8. The minimum atomic E-state index is -0.857. The molecule has 0 aliphatic heterocycles. The molecule has 7 heteroatoms. The molecule has 0 radical (unpaired) electrons. The van der Waals surface area contributed by atoms with Gasteiger partial charge in [-0.05, 0) is 31.9 Å². The highest BCUT2D eigenvalue weighted by Crippen LogP contribution is 2.20. The summed E-state index contributed by atoms with van der Waals surface area (Å²) < 4.78 is 18.6. The Morgan fingerprint density at radius 1 is 1.33 bits per heavy atom. The summed E-state index contributed by atoms with van der Waals surface area (Å²) in [6.45, 7) is 2.47. The summed E-state index contributed by atoms with van der Waals surface area (Å²) in [6, 6.07) is 3.70. The average Bonchev–Trinajstić information content (AvgIpc) is 2.41. The number of carboxylic acid groups (broad SMARTS) is 1. The number of ether oxygens (including phenoxy) is 1. The minimum Gasteiger partial charge on any atom is -0.491 e. The maximum atomic E-state index is 13.6. The topological polar surface area (TPSA) is 87.7 Å². The molecular weight excluding hydrogens is 279 g/mol. The van der Waals surface area contributed by atoms with E-state index in [1.165, 1.54) is 18.2 Å². The lowest BCUT2D eigenvalue weighted by Gasteiger charge is -2.09. The number of unbranched alkanes of at least 4 members (excludes halogenated alkanes) is 1. The van der Waals surface area contributed by atoms with Crippen molar-refractivity contribution < 1.29 is 23.8 Å². The van der Waals surface area contributed by atoms with Gasteiger partial charge in [-0.15, -0.1) is 0 Å². The second-order valence-corrected chi connectivity index (χ2v) is 4.31. The zero-order chi connectivity index (χ0) is 15.7. The second-order valence-electron chi connectivity index (χ2n) is 4.31. The van der Waals surface area contributed by atoms with Gasteiger partial charge in [-0.3, -0.25) is 4.79 Å². The molecule has 0 aromatic heterocycles. The molecule has 0 saturated carbocycles. The number of nitrogens with one attached hydrogen (secondary N) is 2. The van der Waals surface area contributed by atoms with Crippen LogP contribution in [0, 0.1) is 5.82 Å². The average molecular weight is 298 g/mol. The van der Waals surface area contributed by atoms with Gasteiger partial charge in [-0.25, -0.2) is 9.18 Å². The van der Waals surface area contributed by atoms with Crippen LogP contribution in [0.1, 0.15) is 26.2 Å². The number of carbonyl (C=O) groups excluding carboxylic acids is 1. The van der Waals surface area contributed by atoms with Crippen LogP contribution in [0.3, 0.4) is 0 Å². The fourth-order valence-electron chi connectivity index (χ4n) is 1.63. The van der Waals surface area contributed by atoms with E-state index >= 15 is 0 Å². The summed E-state index contributed by atoms with van der Waals surface area (Å²) in [5.74, 6) is -1.27. The highest BCUT2D eigenvalue weighted by atomic mass is 19.1. The summed E-state index contributed by atoms with van der Waals surface area (Å²) in [7, 11) is 0. The fraction of sp³-hybridized carbons (Fsp3) is 0.429. The Balaban J connectivity index is 2.34. The minimum absolute atomic E-state index is 0.0768. The number of benzene rings is 1. The number of hydrogen-bond donors (Lipinski definition) is 3. The quantitative estimate of drug-likeness (QED) is 0.644. The van der Waals surface area contributed by atoms with Gasteiger partial charge in [0.15, 0.2) is 11.6 Å². The van der Waals surface area contributed by atoms with Crippen LogP contribution in [0.5, 0.6) is 5.75 Å². The van der Waals surface area contributed by atoms with Gasteiger partial charge in [0.05, 0.1) is 6.61 Å². The van der Waals surface area contributed by atoms with Gasteiger partial charge in [0.2, 0.25) is 0 Å². The predicted molar refractivity (Wildman–Crippen MR) is 76.1 cm³/mol. The standard InChI is InChI=1S/C14H19FN2O4/c1-2-21-12-7-6-10(9-11(12)15)17-14(20)16-8-4-3-5-13(18)19/h6-7,9H,2-5,8H2,1H3,(H,18,19)(H2,16,17,20). The maximum absolute atomic E-state index is 13.6. The van der Waals surface area contributed by atoms with Crippen LogP contribution in [0.25, 0.3) is 0 Å². The van der Waals surface area contributed by atoms with E-state index in [4.69, 9.17) is 9.84 Å². The smallest absolute Gasteiger partial charge is 0.319 e. The molecule has 0 aliphatic rings. The van der Waals surface area contributed by atoms with Gasteiger partial charge in [0.25, 0.3) is 0 Å². The summed E-state index contributed by atoms with van der Waals surface area (Å²) in [6.07, 6.45) is 1.14. The molecule has 1 aromatic carbocycles. The van der Waals surface area contributed by atoms with Gasteiger partial charge in [-0.2, -0.15) is 0 Å². The molecule has 116 valence electrons. The first-order chi connectivity index (χ1) is 10.0. The number of carbonyl (C=O) groups is 2. The third-order valence-corrected chi connectivity index (χ3v) is 2.59. The van der Waals surface area contributed by atoms with Gasteiger partial charge < -0.3 is 20.5 Å². The molecule has 0 aliphatic carbocycles. The Bertz CT molecular complexity index is 494. The summed E-state index contributed by atoms with van der Waals surface area (Å²) >= 11 is 0. The molecule has 0 heterocycles. The van der Waals surface area contributed by atoms with Crippen molar-refractivity contribution >= 4 is 17.7 Å². The van der Waals surface area contributed by atoms with Crippen LogP contribution in [0.15, 0.2) is 18.2 Å². The van der Waals surface area contributed by atoms with Crippen molar-refractivity contribution in [3.8, 4) is 5.75 Å². The Labute approximate surface area is 122 Å².